The van der Waals surface area contributed by atoms with E-state index in [-0.39, 0.29) is 5.38 Å². The Morgan fingerprint density at radius 2 is 1.63 bits per heavy atom. The van der Waals surface area contributed by atoms with Gasteiger partial charge in [-0.2, -0.15) is 0 Å². The van der Waals surface area contributed by atoms with Crippen molar-refractivity contribution < 1.29 is 4.74 Å². The van der Waals surface area contributed by atoms with E-state index in [0.29, 0.717) is 6.61 Å². The minimum absolute atomic E-state index is 0.179. The Morgan fingerprint density at radius 1 is 1.00 bits per heavy atom. The maximum atomic E-state index is 6.62. The zero-order valence-electron chi connectivity index (χ0n) is 11.6. The molecular weight excluding hydrogens is 256 g/mol. The molecule has 0 amide bonds. The summed E-state index contributed by atoms with van der Waals surface area (Å²) in [4.78, 5) is 0. The lowest BCUT2D eigenvalue weighted by Crippen LogP contribution is -2.01. The highest BCUT2D eigenvalue weighted by Crippen LogP contribution is 2.35. The van der Waals surface area contributed by atoms with E-state index in [1.807, 2.05) is 19.1 Å². The second kappa shape index (κ2) is 6.12. The van der Waals surface area contributed by atoms with Crippen LogP contribution in [0.2, 0.25) is 0 Å². The lowest BCUT2D eigenvalue weighted by molar-refractivity contribution is 0.337. The smallest absolute Gasteiger partial charge is 0.124 e. The topological polar surface area (TPSA) is 9.23 Å². The van der Waals surface area contributed by atoms with Crippen molar-refractivity contribution in [3.8, 4) is 5.75 Å². The summed E-state index contributed by atoms with van der Waals surface area (Å²) in [5.41, 5.74) is 4.56. The van der Waals surface area contributed by atoms with Gasteiger partial charge in [-0.05, 0) is 32.4 Å². The van der Waals surface area contributed by atoms with Crippen molar-refractivity contribution in [2.45, 2.75) is 26.1 Å². The molecule has 2 rings (SSSR count). The van der Waals surface area contributed by atoms with Crippen LogP contribution in [0.5, 0.6) is 5.75 Å². The van der Waals surface area contributed by atoms with Crippen LogP contribution in [-0.4, -0.2) is 6.61 Å². The molecule has 2 aromatic carbocycles. The van der Waals surface area contributed by atoms with Gasteiger partial charge < -0.3 is 4.74 Å². The zero-order chi connectivity index (χ0) is 13.8. The number of hydrogen-bond donors (Lipinski definition) is 0. The highest BCUT2D eigenvalue weighted by Gasteiger charge is 2.16. The van der Waals surface area contributed by atoms with E-state index >= 15 is 0 Å². The van der Waals surface area contributed by atoms with Crippen molar-refractivity contribution in [1.29, 1.82) is 0 Å². The van der Waals surface area contributed by atoms with Gasteiger partial charge in [0.2, 0.25) is 0 Å². The molecule has 2 heteroatoms. The van der Waals surface area contributed by atoms with Crippen molar-refractivity contribution in [3.63, 3.8) is 0 Å². The molecule has 1 nitrogen and oxygen atoms in total. The van der Waals surface area contributed by atoms with E-state index in [1.165, 1.54) is 11.1 Å². The van der Waals surface area contributed by atoms with Crippen LogP contribution in [-0.2, 0) is 0 Å². The Bertz CT molecular complexity index is 546. The standard InChI is InChI=1S/C17H19ClO/c1-4-19-16-10-7-13(3)11-15(16)17(18)14-8-5-12(2)6-9-14/h5-11,17H,4H2,1-3H3. The first-order valence-electron chi connectivity index (χ1n) is 6.55. The highest BCUT2D eigenvalue weighted by atomic mass is 35.5. The average Bonchev–Trinajstić information content (AvgIpc) is 2.41. The molecule has 1 unspecified atom stereocenters. The third kappa shape index (κ3) is 3.30. The third-order valence-corrected chi connectivity index (χ3v) is 3.60. The Kier molecular flexibility index (Phi) is 4.49. The second-order valence-corrected chi connectivity index (χ2v) is 5.18. The summed E-state index contributed by atoms with van der Waals surface area (Å²) in [5.74, 6) is 0.869. The molecule has 100 valence electrons. The van der Waals surface area contributed by atoms with Crippen LogP contribution < -0.4 is 4.74 Å². The number of benzene rings is 2. The maximum absolute atomic E-state index is 6.62. The van der Waals surface area contributed by atoms with E-state index in [2.05, 4.69) is 44.2 Å². The molecule has 0 aliphatic carbocycles. The number of rotatable bonds is 4. The van der Waals surface area contributed by atoms with Gasteiger partial charge in [-0.15, -0.1) is 11.6 Å². The van der Waals surface area contributed by atoms with Crippen LogP contribution in [0.4, 0.5) is 0 Å². The number of ether oxygens (including phenoxy) is 1. The Balaban J connectivity index is 2.39. The SMILES string of the molecule is CCOc1ccc(C)cc1C(Cl)c1ccc(C)cc1. The predicted molar refractivity (Wildman–Crippen MR) is 81.2 cm³/mol. The quantitative estimate of drug-likeness (QED) is 0.711. The van der Waals surface area contributed by atoms with Gasteiger partial charge in [0.1, 0.15) is 5.75 Å². The van der Waals surface area contributed by atoms with Crippen molar-refractivity contribution in [2.75, 3.05) is 6.61 Å². The molecule has 0 bridgehead atoms. The van der Waals surface area contributed by atoms with Crippen molar-refractivity contribution in [3.05, 3.63) is 64.7 Å². The first-order valence-corrected chi connectivity index (χ1v) is 6.99. The minimum atomic E-state index is -0.179. The van der Waals surface area contributed by atoms with E-state index in [1.54, 1.807) is 0 Å². The second-order valence-electron chi connectivity index (χ2n) is 4.75. The van der Waals surface area contributed by atoms with Crippen LogP contribution in [0, 0.1) is 13.8 Å². The molecule has 0 radical (unpaired) electrons. The van der Waals surface area contributed by atoms with Crippen LogP contribution >= 0.6 is 11.6 Å². The predicted octanol–water partition coefficient (Wildman–Crippen LogP) is 5.03. The summed E-state index contributed by atoms with van der Waals surface area (Å²) in [6.07, 6.45) is 0. The normalized spacial score (nSPS) is 12.2. The zero-order valence-corrected chi connectivity index (χ0v) is 12.4. The number of aryl methyl sites for hydroxylation is 2. The number of alkyl halides is 1. The molecule has 0 heterocycles. The van der Waals surface area contributed by atoms with E-state index < -0.39 is 0 Å². The molecule has 0 aliphatic heterocycles. The van der Waals surface area contributed by atoms with Crippen LogP contribution in [0.3, 0.4) is 0 Å². The fraction of sp³-hybridized carbons (Fsp3) is 0.294. The van der Waals surface area contributed by atoms with Gasteiger partial charge in [0.15, 0.2) is 0 Å². The van der Waals surface area contributed by atoms with E-state index in [4.69, 9.17) is 16.3 Å². The van der Waals surface area contributed by atoms with Crippen molar-refractivity contribution in [2.24, 2.45) is 0 Å². The molecule has 0 aromatic heterocycles. The Morgan fingerprint density at radius 3 is 2.26 bits per heavy atom. The molecule has 19 heavy (non-hydrogen) atoms. The molecule has 0 spiro atoms. The summed E-state index contributed by atoms with van der Waals surface area (Å²) >= 11 is 6.62. The van der Waals surface area contributed by atoms with Gasteiger partial charge in [-0.3, -0.25) is 0 Å². The van der Waals surface area contributed by atoms with Crippen LogP contribution in [0.15, 0.2) is 42.5 Å². The Hall–Kier alpha value is -1.47. The van der Waals surface area contributed by atoms with Crippen LogP contribution in [0.25, 0.3) is 0 Å². The summed E-state index contributed by atoms with van der Waals surface area (Å²) in [7, 11) is 0. The molecule has 0 saturated carbocycles. The van der Waals surface area contributed by atoms with Gasteiger partial charge >= 0.3 is 0 Å². The largest absolute Gasteiger partial charge is 0.494 e. The van der Waals surface area contributed by atoms with Gasteiger partial charge in [0.05, 0.1) is 12.0 Å². The number of hydrogen-bond acceptors (Lipinski definition) is 1. The molecule has 0 N–H and O–H groups in total. The fourth-order valence-electron chi connectivity index (χ4n) is 2.07. The van der Waals surface area contributed by atoms with Crippen molar-refractivity contribution >= 4 is 11.6 Å². The van der Waals surface area contributed by atoms with E-state index in [9.17, 15) is 0 Å². The fourth-order valence-corrected chi connectivity index (χ4v) is 2.38. The van der Waals surface area contributed by atoms with Gasteiger partial charge in [0.25, 0.3) is 0 Å². The summed E-state index contributed by atoms with van der Waals surface area (Å²) in [5, 5.41) is -0.179. The molecule has 0 fully saturated rings. The lowest BCUT2D eigenvalue weighted by atomic mass is 10.0. The number of halogens is 1. The first kappa shape index (κ1) is 14.0. The third-order valence-electron chi connectivity index (χ3n) is 3.11. The van der Waals surface area contributed by atoms with Crippen molar-refractivity contribution in [1.82, 2.24) is 0 Å². The first-order chi connectivity index (χ1) is 9.11. The Labute approximate surface area is 120 Å². The van der Waals surface area contributed by atoms with Gasteiger partial charge in [-0.25, -0.2) is 0 Å². The highest BCUT2D eigenvalue weighted by molar-refractivity contribution is 6.22. The monoisotopic (exact) mass is 274 g/mol. The maximum Gasteiger partial charge on any atom is 0.124 e. The molecule has 2 aromatic rings. The van der Waals surface area contributed by atoms with E-state index in [0.717, 1.165) is 16.9 Å². The van der Waals surface area contributed by atoms with Gasteiger partial charge in [0, 0.05) is 5.56 Å². The molecule has 1 atom stereocenters. The molecule has 0 aliphatic rings. The lowest BCUT2D eigenvalue weighted by Gasteiger charge is -2.16. The average molecular weight is 275 g/mol. The minimum Gasteiger partial charge on any atom is -0.494 e. The van der Waals surface area contributed by atoms with Gasteiger partial charge in [-0.1, -0.05) is 47.5 Å². The van der Waals surface area contributed by atoms with Crippen LogP contribution in [0.1, 0.15) is 34.6 Å². The summed E-state index contributed by atoms with van der Waals surface area (Å²) < 4.78 is 5.67. The molecular formula is C17H19ClO. The summed E-state index contributed by atoms with van der Waals surface area (Å²) in [6, 6.07) is 14.5. The molecule has 0 saturated heterocycles. The summed E-state index contributed by atoms with van der Waals surface area (Å²) in [6.45, 7) is 6.77.